The summed E-state index contributed by atoms with van der Waals surface area (Å²) in [5.74, 6) is -6.79. The predicted molar refractivity (Wildman–Crippen MR) is 291 cm³/mol. The van der Waals surface area contributed by atoms with E-state index < -0.39 is 102 Å². The number of carboxylic acids is 1. The number of carboxylic acid groups (broad SMARTS) is 1. The number of guanidine groups is 1. The van der Waals surface area contributed by atoms with Crippen molar-refractivity contribution in [2.75, 3.05) is 13.1 Å². The summed E-state index contributed by atoms with van der Waals surface area (Å²) in [6.45, 7) is 1.95. The number of fused-ring (bicyclic) bond motifs is 5. The number of H-pyrrole nitrogens is 1. The lowest BCUT2D eigenvalue weighted by molar-refractivity contribution is -0.154. The molecule has 0 aliphatic carbocycles. The summed E-state index contributed by atoms with van der Waals surface area (Å²) in [6, 6.07) is 11.7. The van der Waals surface area contributed by atoms with Crippen LogP contribution < -0.4 is 49.9 Å². The summed E-state index contributed by atoms with van der Waals surface area (Å²) in [5, 5.41) is 21.5. The maximum absolute atomic E-state index is 15.6. The van der Waals surface area contributed by atoms with Gasteiger partial charge < -0.3 is 74.7 Å². The Labute approximate surface area is 457 Å². The molecule has 0 spiro atoms. The number of hydrogen-bond donors (Lipinski definition) is 11. The van der Waals surface area contributed by atoms with Crippen molar-refractivity contribution in [3.63, 3.8) is 0 Å². The van der Waals surface area contributed by atoms with Crippen LogP contribution in [0, 0.1) is 0 Å². The summed E-state index contributed by atoms with van der Waals surface area (Å²) in [5.41, 5.74) is 33.3. The van der Waals surface area contributed by atoms with Crippen LogP contribution in [0.4, 0.5) is 4.79 Å². The molecule has 79 heavy (non-hydrogen) atoms. The first-order chi connectivity index (χ1) is 37.9. The lowest BCUT2D eigenvalue weighted by Gasteiger charge is -2.43. The molecule has 7 atom stereocenters. The molecule has 3 aliphatic heterocycles. The molecular weight excluding hydrogens is 1020 g/mol. The molecule has 16 N–H and O–H groups in total. The van der Waals surface area contributed by atoms with Crippen molar-refractivity contribution in [1.82, 2.24) is 41.0 Å². The highest BCUT2D eigenvalue weighted by atomic mass is 16.4. The zero-order valence-corrected chi connectivity index (χ0v) is 44.3. The normalized spacial score (nSPS) is 18.1. The molecule has 0 fully saturated rings. The molecule has 422 valence electrons. The minimum atomic E-state index is -1.70. The standard InChI is InChI=1S/C55H72N14O10/c1-2-3-18-39(66-55(60)79)48(73)65-41(27-46(70)71)52(77)68-29-34-16-7-5-14-32(34)25-45(68)53(78)67-28-33-15-6-4-13-31(33)24-43(67)49(74)64-40(21-12-23-61-54(58)59)51(76)69-30-42-36(35-17-8-9-19-37(35)62-42)26-44(69)50(75)63-38(47(57)72)20-10-11-22-56/h4-9,13-17,19,38-41,43-45,62H,2-3,10-12,18,20-30,56H2,1H3,(H2,57,72)(H,63,75)(H,64,74)(H,65,73)(H,70,71)(H4,58,59,61)(H3,60,66,79)/t38-,39-,40-,41-,43+,44?,45-/m0/s1. The van der Waals surface area contributed by atoms with Gasteiger partial charge >= 0.3 is 12.0 Å². The van der Waals surface area contributed by atoms with Gasteiger partial charge in [-0.1, -0.05) is 86.5 Å². The Morgan fingerprint density at radius 1 is 0.620 bits per heavy atom. The van der Waals surface area contributed by atoms with Crippen molar-refractivity contribution in [1.29, 1.82) is 0 Å². The third-order valence-electron chi connectivity index (χ3n) is 14.9. The van der Waals surface area contributed by atoms with Crippen molar-refractivity contribution in [2.24, 2.45) is 33.7 Å². The zero-order chi connectivity index (χ0) is 56.9. The van der Waals surface area contributed by atoms with Gasteiger partial charge in [0.05, 0.1) is 13.0 Å². The number of aromatic amines is 1. The Bertz CT molecular complexity index is 2960. The number of carbonyl (C=O) groups excluding carboxylic acids is 8. The van der Waals surface area contributed by atoms with Crippen molar-refractivity contribution >= 4 is 70.2 Å². The number of aliphatic imine (C=N–C) groups is 1. The molecule has 4 heterocycles. The molecule has 0 radical (unpaired) electrons. The molecule has 0 saturated carbocycles. The molecule has 9 amide bonds. The minimum Gasteiger partial charge on any atom is -0.481 e. The number of urea groups is 1. The van der Waals surface area contributed by atoms with Crippen LogP contribution in [-0.4, -0.2) is 139 Å². The van der Waals surface area contributed by atoms with E-state index in [9.17, 15) is 33.9 Å². The number of rotatable bonds is 24. The third kappa shape index (κ3) is 14.3. The smallest absolute Gasteiger partial charge is 0.312 e. The van der Waals surface area contributed by atoms with Gasteiger partial charge in [-0.25, -0.2) is 4.79 Å². The third-order valence-corrected chi connectivity index (χ3v) is 14.9. The Balaban J connectivity index is 1.23. The molecule has 1 unspecified atom stereocenters. The molecule has 7 rings (SSSR count). The van der Waals surface area contributed by atoms with Gasteiger partial charge in [0.15, 0.2) is 5.96 Å². The number of para-hydroxylation sites is 1. The topological polar surface area (TPSA) is 390 Å². The largest absolute Gasteiger partial charge is 0.481 e. The fraction of sp³-hybridized carbons (Fsp3) is 0.455. The summed E-state index contributed by atoms with van der Waals surface area (Å²) < 4.78 is 0. The summed E-state index contributed by atoms with van der Waals surface area (Å²) in [6.07, 6.45) is 1.85. The Morgan fingerprint density at radius 3 is 1.80 bits per heavy atom. The first-order valence-electron chi connectivity index (χ1n) is 26.8. The fourth-order valence-corrected chi connectivity index (χ4v) is 10.8. The van der Waals surface area contributed by atoms with E-state index in [0.717, 1.165) is 27.6 Å². The monoisotopic (exact) mass is 1090 g/mol. The molecule has 3 aliphatic rings. The number of amides is 9. The number of benzene rings is 3. The van der Waals surface area contributed by atoms with E-state index in [1.54, 1.807) is 36.4 Å². The quantitative estimate of drug-likeness (QED) is 0.0253. The minimum absolute atomic E-state index is 0.0184. The van der Waals surface area contributed by atoms with Crippen LogP contribution in [0.5, 0.6) is 0 Å². The average molecular weight is 1090 g/mol. The van der Waals surface area contributed by atoms with E-state index in [2.05, 4.69) is 31.2 Å². The second-order valence-electron chi connectivity index (χ2n) is 20.3. The van der Waals surface area contributed by atoms with E-state index in [1.165, 1.54) is 14.7 Å². The SMILES string of the molecule is CCCC[C@H](NC(N)=O)C(=O)N[C@@H](CC(=O)O)C(=O)N1Cc2ccccc2C[C@H]1C(=O)N1Cc2ccccc2C[C@@H]1C(=O)N[C@@H](CCCN=C(N)N)C(=O)N1Cc2[nH]c3ccccc3c2CC1C(=O)N[C@@H](CCCCN)C(N)=O. The van der Waals surface area contributed by atoms with Crippen molar-refractivity contribution in [3.8, 4) is 0 Å². The number of nitrogens with zero attached hydrogens (tertiary/aromatic N) is 4. The molecule has 24 heteroatoms. The van der Waals surface area contributed by atoms with E-state index in [0.29, 0.717) is 49.0 Å². The van der Waals surface area contributed by atoms with Crippen molar-refractivity contribution < 1.29 is 48.3 Å². The van der Waals surface area contributed by atoms with E-state index in [1.807, 2.05) is 43.3 Å². The molecule has 24 nitrogen and oxygen atoms in total. The second-order valence-corrected chi connectivity index (χ2v) is 20.3. The van der Waals surface area contributed by atoms with Gasteiger partial charge in [0.25, 0.3) is 0 Å². The van der Waals surface area contributed by atoms with Gasteiger partial charge in [-0.2, -0.15) is 0 Å². The van der Waals surface area contributed by atoms with Crippen molar-refractivity contribution in [3.05, 3.63) is 106 Å². The van der Waals surface area contributed by atoms with Crippen LogP contribution in [0.2, 0.25) is 0 Å². The average Bonchev–Trinajstić information content (AvgIpc) is 4.01. The molecule has 3 aromatic carbocycles. The van der Waals surface area contributed by atoms with Crippen LogP contribution in [0.25, 0.3) is 10.9 Å². The maximum atomic E-state index is 15.6. The predicted octanol–water partition coefficient (Wildman–Crippen LogP) is 0.152. The van der Waals surface area contributed by atoms with Crippen LogP contribution in [0.1, 0.15) is 98.2 Å². The Kier molecular flexibility index (Phi) is 19.6. The lowest BCUT2D eigenvalue weighted by atomic mass is 9.89. The van der Waals surface area contributed by atoms with Gasteiger partial charge in [0.1, 0.15) is 42.3 Å². The summed E-state index contributed by atoms with van der Waals surface area (Å²) in [4.78, 5) is 138. The molecule has 0 saturated heterocycles. The number of nitrogens with two attached hydrogens (primary N) is 5. The van der Waals surface area contributed by atoms with Crippen LogP contribution >= 0.6 is 0 Å². The first-order valence-corrected chi connectivity index (χ1v) is 26.8. The van der Waals surface area contributed by atoms with E-state index >= 15 is 14.4 Å². The number of unbranched alkanes of at least 4 members (excludes halogenated alkanes) is 2. The molecule has 1 aromatic heterocycles. The fourth-order valence-electron chi connectivity index (χ4n) is 10.8. The molecular formula is C55H72N14O10. The summed E-state index contributed by atoms with van der Waals surface area (Å²) in [7, 11) is 0. The summed E-state index contributed by atoms with van der Waals surface area (Å²) >= 11 is 0. The zero-order valence-electron chi connectivity index (χ0n) is 44.3. The number of hydrogen-bond acceptors (Lipinski definition) is 11. The highest BCUT2D eigenvalue weighted by Gasteiger charge is 2.46. The van der Waals surface area contributed by atoms with Gasteiger partial charge in [-0.3, -0.25) is 43.3 Å². The number of nitrogens with one attached hydrogen (secondary N) is 5. The highest BCUT2D eigenvalue weighted by molar-refractivity contribution is 5.99. The molecule has 4 aromatic rings. The first kappa shape index (κ1) is 58.1. The van der Waals surface area contributed by atoms with Crippen LogP contribution in [-0.2, 0) is 77.3 Å². The second kappa shape index (κ2) is 26.7. The number of carbonyl (C=O) groups is 9. The maximum Gasteiger partial charge on any atom is 0.312 e. The lowest BCUT2D eigenvalue weighted by Crippen LogP contribution is -2.64. The van der Waals surface area contributed by atoms with Crippen LogP contribution in [0.3, 0.4) is 0 Å². The Morgan fingerprint density at radius 2 is 1.18 bits per heavy atom. The van der Waals surface area contributed by atoms with Gasteiger partial charge in [-0.15, -0.1) is 0 Å². The number of primary amides is 2. The Hall–Kier alpha value is -8.54. The number of aliphatic carboxylic acids is 1. The molecule has 0 bridgehead atoms. The van der Waals surface area contributed by atoms with Gasteiger partial charge in [0.2, 0.25) is 41.4 Å². The van der Waals surface area contributed by atoms with Crippen molar-refractivity contribution in [2.45, 2.75) is 146 Å². The van der Waals surface area contributed by atoms with Crippen LogP contribution in [0.15, 0.2) is 77.8 Å². The van der Waals surface area contributed by atoms with Gasteiger partial charge in [0, 0.05) is 55.5 Å². The number of aromatic nitrogens is 1. The highest BCUT2D eigenvalue weighted by Crippen LogP contribution is 2.33. The van der Waals surface area contributed by atoms with E-state index in [4.69, 9.17) is 28.7 Å². The van der Waals surface area contributed by atoms with E-state index in [-0.39, 0.29) is 77.1 Å². The van der Waals surface area contributed by atoms with Gasteiger partial charge in [-0.05, 0) is 79.0 Å².